The van der Waals surface area contributed by atoms with E-state index in [1.165, 1.54) is 0 Å². The molecule has 3 rings (SSSR count). The predicted octanol–water partition coefficient (Wildman–Crippen LogP) is 2.41. The van der Waals surface area contributed by atoms with Crippen LogP contribution in [-0.2, 0) is 27.2 Å². The van der Waals surface area contributed by atoms with Crippen molar-refractivity contribution < 1.29 is 28.2 Å². The van der Waals surface area contributed by atoms with Gasteiger partial charge in [0.2, 0.25) is 17.7 Å². The first-order valence-corrected chi connectivity index (χ1v) is 10.5. The smallest absolute Gasteiger partial charge is 0.310 e. The number of methoxy groups -OCH3 is 2. The van der Waals surface area contributed by atoms with Crippen molar-refractivity contribution in [2.45, 2.75) is 39.0 Å². The Bertz CT molecular complexity index is 897. The largest absolute Gasteiger partial charge is 0.497 e. The molecule has 1 fully saturated rings. The quantitative estimate of drug-likeness (QED) is 0.558. The van der Waals surface area contributed by atoms with Gasteiger partial charge in [0, 0.05) is 31.5 Å². The summed E-state index contributed by atoms with van der Waals surface area (Å²) in [6.07, 6.45) is 2.54. The molecule has 1 amide bonds. The number of aryl methyl sites for hydroxylation is 1. The maximum Gasteiger partial charge on any atom is 0.310 e. The Morgan fingerprint density at radius 3 is 2.74 bits per heavy atom. The van der Waals surface area contributed by atoms with Crippen LogP contribution in [-0.4, -0.2) is 60.9 Å². The molecule has 1 saturated heterocycles. The number of carbonyl (C=O) groups excluding carboxylic acids is 2. The number of amides is 1. The molecule has 9 nitrogen and oxygen atoms in total. The van der Waals surface area contributed by atoms with Crippen LogP contribution in [0.15, 0.2) is 22.6 Å². The van der Waals surface area contributed by atoms with Gasteiger partial charge in [-0.3, -0.25) is 9.59 Å². The molecule has 0 N–H and O–H groups in total. The van der Waals surface area contributed by atoms with Crippen molar-refractivity contribution in [3.05, 3.63) is 35.5 Å². The van der Waals surface area contributed by atoms with E-state index in [-0.39, 0.29) is 24.2 Å². The molecule has 1 atom stereocenters. The van der Waals surface area contributed by atoms with Crippen molar-refractivity contribution in [2.24, 2.45) is 5.92 Å². The first kappa shape index (κ1) is 22.6. The van der Waals surface area contributed by atoms with Gasteiger partial charge < -0.3 is 23.5 Å². The number of nitrogens with zero attached hydrogens (tertiary/aromatic N) is 3. The minimum absolute atomic E-state index is 0.0248. The highest BCUT2D eigenvalue weighted by molar-refractivity contribution is 5.78. The summed E-state index contributed by atoms with van der Waals surface area (Å²) in [7, 11) is 3.20. The molecule has 31 heavy (non-hydrogen) atoms. The van der Waals surface area contributed by atoms with Crippen LogP contribution >= 0.6 is 0 Å². The fraction of sp³-hybridized carbons (Fsp3) is 0.545. The number of hydrogen-bond donors (Lipinski definition) is 0. The van der Waals surface area contributed by atoms with Crippen LogP contribution in [0, 0.1) is 5.92 Å². The van der Waals surface area contributed by atoms with Crippen LogP contribution in [0.1, 0.15) is 43.5 Å². The van der Waals surface area contributed by atoms with Crippen molar-refractivity contribution in [1.29, 1.82) is 0 Å². The van der Waals surface area contributed by atoms with Gasteiger partial charge >= 0.3 is 5.97 Å². The van der Waals surface area contributed by atoms with E-state index in [4.69, 9.17) is 18.6 Å². The van der Waals surface area contributed by atoms with Gasteiger partial charge in [0.15, 0.2) is 0 Å². The van der Waals surface area contributed by atoms with E-state index in [1.54, 1.807) is 26.0 Å². The highest BCUT2D eigenvalue weighted by Crippen LogP contribution is 2.26. The van der Waals surface area contributed by atoms with Gasteiger partial charge in [-0.05, 0) is 38.0 Å². The lowest BCUT2D eigenvalue weighted by atomic mass is 9.98. The van der Waals surface area contributed by atoms with Gasteiger partial charge in [-0.2, -0.15) is 0 Å². The van der Waals surface area contributed by atoms with Gasteiger partial charge in [0.05, 0.1) is 33.2 Å². The van der Waals surface area contributed by atoms with E-state index in [9.17, 15) is 9.59 Å². The molecule has 0 unspecified atom stereocenters. The third-order valence-electron chi connectivity index (χ3n) is 5.28. The molecular weight excluding hydrogens is 402 g/mol. The monoisotopic (exact) mass is 431 g/mol. The average molecular weight is 431 g/mol. The molecule has 0 aliphatic carbocycles. The summed E-state index contributed by atoms with van der Waals surface area (Å²) >= 11 is 0. The number of aromatic nitrogens is 2. The lowest BCUT2D eigenvalue weighted by Crippen LogP contribution is -2.42. The summed E-state index contributed by atoms with van der Waals surface area (Å²) in [5.74, 6) is 1.77. The number of likely N-dealkylation sites (tertiary alicyclic amines) is 1. The maximum absolute atomic E-state index is 12.6. The van der Waals surface area contributed by atoms with Gasteiger partial charge in [0.1, 0.15) is 11.5 Å². The molecule has 1 aliphatic heterocycles. The minimum atomic E-state index is -0.245. The zero-order valence-corrected chi connectivity index (χ0v) is 18.3. The number of hydrogen-bond acceptors (Lipinski definition) is 8. The summed E-state index contributed by atoms with van der Waals surface area (Å²) in [5, 5.41) is 8.15. The lowest BCUT2D eigenvalue weighted by molar-refractivity contribution is -0.151. The van der Waals surface area contributed by atoms with Crippen LogP contribution in [0.2, 0.25) is 0 Å². The standard InChI is InChI=1S/C22H29N3O6/c1-4-30-22(27)15-6-5-11-25(14-15)21(26)10-9-19-23-24-20(31-19)13-16-12-17(28-2)7-8-18(16)29-3/h7-8,12,15H,4-6,9-11,13-14H2,1-3H3/t15-/m0/s1. The summed E-state index contributed by atoms with van der Waals surface area (Å²) in [6.45, 7) is 3.19. The molecule has 2 heterocycles. The number of benzene rings is 1. The average Bonchev–Trinajstić information content (AvgIpc) is 3.24. The first-order valence-electron chi connectivity index (χ1n) is 10.5. The SMILES string of the molecule is CCOC(=O)[C@H]1CCCN(C(=O)CCc2nnc(Cc3cc(OC)ccc3OC)o2)C1. The maximum atomic E-state index is 12.6. The van der Waals surface area contributed by atoms with Gasteiger partial charge in [-0.1, -0.05) is 0 Å². The molecule has 1 aromatic carbocycles. The molecule has 1 aromatic heterocycles. The third kappa shape index (κ3) is 5.96. The van der Waals surface area contributed by atoms with E-state index in [0.717, 1.165) is 18.4 Å². The topological polar surface area (TPSA) is 104 Å². The van der Waals surface area contributed by atoms with E-state index < -0.39 is 0 Å². The zero-order valence-electron chi connectivity index (χ0n) is 18.3. The highest BCUT2D eigenvalue weighted by Gasteiger charge is 2.29. The summed E-state index contributed by atoms with van der Waals surface area (Å²) in [6, 6.07) is 5.51. The molecule has 0 bridgehead atoms. The first-order chi connectivity index (χ1) is 15.0. The molecule has 1 aliphatic rings. The molecule has 9 heteroatoms. The van der Waals surface area contributed by atoms with E-state index in [2.05, 4.69) is 10.2 Å². The van der Waals surface area contributed by atoms with Crippen LogP contribution < -0.4 is 9.47 Å². The van der Waals surface area contributed by atoms with Gasteiger partial charge in [-0.25, -0.2) is 0 Å². The normalized spacial score (nSPS) is 16.1. The lowest BCUT2D eigenvalue weighted by Gasteiger charge is -2.31. The van der Waals surface area contributed by atoms with Gasteiger partial charge in [-0.15, -0.1) is 10.2 Å². The van der Waals surface area contributed by atoms with Crippen molar-refractivity contribution in [1.82, 2.24) is 15.1 Å². The van der Waals surface area contributed by atoms with Crippen LogP contribution in [0.4, 0.5) is 0 Å². The number of carbonyl (C=O) groups is 2. The molecule has 0 spiro atoms. The fourth-order valence-electron chi connectivity index (χ4n) is 3.67. The van der Waals surface area contributed by atoms with Gasteiger partial charge in [0.25, 0.3) is 0 Å². The second-order valence-electron chi connectivity index (χ2n) is 7.38. The van der Waals surface area contributed by atoms with E-state index in [1.807, 2.05) is 18.2 Å². The van der Waals surface area contributed by atoms with E-state index in [0.29, 0.717) is 55.8 Å². The molecule has 2 aromatic rings. The van der Waals surface area contributed by atoms with Crippen molar-refractivity contribution in [3.8, 4) is 11.5 Å². The number of rotatable bonds is 9. The number of piperidine rings is 1. The minimum Gasteiger partial charge on any atom is -0.497 e. The molecule has 0 saturated carbocycles. The third-order valence-corrected chi connectivity index (χ3v) is 5.28. The Kier molecular flexibility index (Phi) is 7.86. The Hall–Kier alpha value is -3.10. The Balaban J connectivity index is 1.54. The fourth-order valence-corrected chi connectivity index (χ4v) is 3.67. The van der Waals surface area contributed by atoms with E-state index >= 15 is 0 Å². The molecule has 168 valence electrons. The van der Waals surface area contributed by atoms with Crippen molar-refractivity contribution in [3.63, 3.8) is 0 Å². The second kappa shape index (κ2) is 10.8. The molecule has 0 radical (unpaired) electrons. The summed E-state index contributed by atoms with van der Waals surface area (Å²) in [4.78, 5) is 26.3. The highest BCUT2D eigenvalue weighted by atomic mass is 16.5. The molecular formula is C22H29N3O6. The van der Waals surface area contributed by atoms with Crippen LogP contribution in [0.25, 0.3) is 0 Å². The Morgan fingerprint density at radius 1 is 1.19 bits per heavy atom. The zero-order chi connectivity index (χ0) is 22.2. The van der Waals surface area contributed by atoms with Crippen LogP contribution in [0.5, 0.6) is 11.5 Å². The second-order valence-corrected chi connectivity index (χ2v) is 7.38. The summed E-state index contributed by atoms with van der Waals surface area (Å²) in [5.41, 5.74) is 0.867. The summed E-state index contributed by atoms with van der Waals surface area (Å²) < 4.78 is 21.5. The number of esters is 1. The van der Waals surface area contributed by atoms with Crippen molar-refractivity contribution >= 4 is 11.9 Å². The Labute approximate surface area is 181 Å². The number of ether oxygens (including phenoxy) is 3. The predicted molar refractivity (Wildman–Crippen MR) is 111 cm³/mol. The van der Waals surface area contributed by atoms with Crippen molar-refractivity contribution in [2.75, 3.05) is 33.9 Å². The van der Waals surface area contributed by atoms with Crippen LogP contribution in [0.3, 0.4) is 0 Å². The Morgan fingerprint density at radius 2 is 2.00 bits per heavy atom.